The maximum absolute atomic E-state index is 10.8. The molecule has 4 nitrogen and oxygen atoms in total. The lowest BCUT2D eigenvalue weighted by Gasteiger charge is -2.17. The van der Waals surface area contributed by atoms with E-state index in [-0.39, 0.29) is 5.92 Å². The quantitative estimate of drug-likeness (QED) is 0.651. The molecule has 2 rings (SSSR count). The molecule has 4 heteroatoms. The summed E-state index contributed by atoms with van der Waals surface area (Å²) >= 11 is 0. The number of hydrogen-bond donors (Lipinski definition) is 2. The van der Waals surface area contributed by atoms with Crippen LogP contribution in [0.15, 0.2) is 6.20 Å². The van der Waals surface area contributed by atoms with E-state index in [1.54, 1.807) is 6.20 Å². The summed E-state index contributed by atoms with van der Waals surface area (Å²) in [4.78, 5) is 10.8. The number of nitrogens with zero attached hydrogens (tertiary/aromatic N) is 1. The number of fused-ring (bicyclic) bond motifs is 1. The third kappa shape index (κ3) is 0.995. The van der Waals surface area contributed by atoms with Gasteiger partial charge in [-0.05, 0) is 24.8 Å². The molecule has 1 heterocycles. The summed E-state index contributed by atoms with van der Waals surface area (Å²) in [5, 5.41) is 15.5. The highest BCUT2D eigenvalue weighted by Gasteiger charge is 2.27. The number of carbonyl (C=O) groups is 1. The van der Waals surface area contributed by atoms with E-state index >= 15 is 0 Å². The Morgan fingerprint density at radius 2 is 2.58 bits per heavy atom. The SMILES string of the molecule is O=C(O)C1CCCc2cn[nH]c21. The standard InChI is InChI=1S/C8H10N2O2/c11-8(12)6-3-1-2-5-4-9-10-7(5)6/h4,6H,1-3H2,(H,9,10)(H,11,12). The molecular weight excluding hydrogens is 156 g/mol. The Bertz CT molecular complexity index is 306. The van der Waals surface area contributed by atoms with E-state index in [1.807, 2.05) is 0 Å². The van der Waals surface area contributed by atoms with Crippen molar-refractivity contribution in [1.29, 1.82) is 0 Å². The van der Waals surface area contributed by atoms with Crippen molar-refractivity contribution in [3.05, 3.63) is 17.5 Å². The predicted octanol–water partition coefficient (Wildman–Crippen LogP) is 0.914. The largest absolute Gasteiger partial charge is 0.481 e. The van der Waals surface area contributed by atoms with Crippen molar-refractivity contribution in [2.24, 2.45) is 0 Å². The van der Waals surface area contributed by atoms with Crippen LogP contribution in [0.5, 0.6) is 0 Å². The molecule has 1 aliphatic carbocycles. The number of nitrogens with one attached hydrogen (secondary N) is 1. The highest BCUT2D eigenvalue weighted by Crippen LogP contribution is 2.29. The van der Waals surface area contributed by atoms with Gasteiger partial charge in [-0.3, -0.25) is 9.89 Å². The summed E-state index contributed by atoms with van der Waals surface area (Å²) < 4.78 is 0. The summed E-state index contributed by atoms with van der Waals surface area (Å²) in [7, 11) is 0. The average molecular weight is 166 g/mol. The Morgan fingerprint density at radius 3 is 3.33 bits per heavy atom. The first-order chi connectivity index (χ1) is 5.79. The number of aliphatic carboxylic acids is 1. The molecule has 0 fully saturated rings. The minimum absolute atomic E-state index is 0.365. The van der Waals surface area contributed by atoms with E-state index in [1.165, 1.54) is 0 Å². The van der Waals surface area contributed by atoms with Gasteiger partial charge in [0.25, 0.3) is 0 Å². The molecule has 0 radical (unpaired) electrons. The second-order valence-corrected chi connectivity index (χ2v) is 3.09. The highest BCUT2D eigenvalue weighted by molar-refractivity contribution is 5.76. The fourth-order valence-electron chi connectivity index (χ4n) is 1.71. The molecular formula is C8H10N2O2. The van der Waals surface area contributed by atoms with E-state index in [9.17, 15) is 4.79 Å². The summed E-state index contributed by atoms with van der Waals surface area (Å²) in [5.74, 6) is -1.11. The third-order valence-corrected chi connectivity index (χ3v) is 2.34. The highest BCUT2D eigenvalue weighted by atomic mass is 16.4. The molecule has 2 N–H and O–H groups in total. The Morgan fingerprint density at radius 1 is 1.75 bits per heavy atom. The molecule has 0 amide bonds. The van der Waals surface area contributed by atoms with Crippen molar-refractivity contribution >= 4 is 5.97 Å². The molecule has 12 heavy (non-hydrogen) atoms. The van der Waals surface area contributed by atoms with Gasteiger partial charge in [0.05, 0.1) is 17.8 Å². The van der Waals surface area contributed by atoms with Crippen LogP contribution >= 0.6 is 0 Å². The third-order valence-electron chi connectivity index (χ3n) is 2.34. The van der Waals surface area contributed by atoms with Crippen LogP contribution < -0.4 is 0 Å². The molecule has 64 valence electrons. The molecule has 1 unspecified atom stereocenters. The molecule has 1 atom stereocenters. The Hall–Kier alpha value is -1.32. The fourth-order valence-corrected chi connectivity index (χ4v) is 1.71. The topological polar surface area (TPSA) is 66.0 Å². The molecule has 1 aliphatic rings. The molecule has 1 aromatic rings. The van der Waals surface area contributed by atoms with Gasteiger partial charge in [-0.2, -0.15) is 5.10 Å². The lowest BCUT2D eigenvalue weighted by Crippen LogP contribution is -2.17. The van der Waals surface area contributed by atoms with Gasteiger partial charge in [-0.1, -0.05) is 0 Å². The van der Waals surface area contributed by atoms with Crippen LogP contribution in [-0.2, 0) is 11.2 Å². The van der Waals surface area contributed by atoms with Crippen molar-refractivity contribution in [1.82, 2.24) is 10.2 Å². The van der Waals surface area contributed by atoms with Gasteiger partial charge in [-0.15, -0.1) is 0 Å². The van der Waals surface area contributed by atoms with Crippen LogP contribution in [0.1, 0.15) is 30.0 Å². The molecule has 0 spiro atoms. The number of aromatic nitrogens is 2. The van der Waals surface area contributed by atoms with Gasteiger partial charge < -0.3 is 5.11 Å². The van der Waals surface area contributed by atoms with Crippen LogP contribution in [0, 0.1) is 0 Å². The van der Waals surface area contributed by atoms with Crippen LogP contribution in [0.3, 0.4) is 0 Å². The Labute approximate surface area is 69.6 Å². The zero-order chi connectivity index (χ0) is 8.55. The average Bonchev–Trinajstić information content (AvgIpc) is 2.49. The lowest BCUT2D eigenvalue weighted by atomic mass is 9.88. The van der Waals surface area contributed by atoms with Gasteiger partial charge in [0.15, 0.2) is 0 Å². The van der Waals surface area contributed by atoms with Crippen LogP contribution in [0.2, 0.25) is 0 Å². The Kier molecular flexibility index (Phi) is 1.60. The second-order valence-electron chi connectivity index (χ2n) is 3.09. The van der Waals surface area contributed by atoms with Crippen LogP contribution in [0.25, 0.3) is 0 Å². The van der Waals surface area contributed by atoms with Crippen molar-refractivity contribution in [2.45, 2.75) is 25.2 Å². The number of hydrogen-bond acceptors (Lipinski definition) is 2. The van der Waals surface area contributed by atoms with Crippen molar-refractivity contribution in [2.75, 3.05) is 0 Å². The number of carboxylic acids is 1. The number of aromatic amines is 1. The lowest BCUT2D eigenvalue weighted by molar-refractivity contribution is -0.139. The maximum Gasteiger partial charge on any atom is 0.312 e. The summed E-state index contributed by atoms with van der Waals surface area (Å²) in [6.07, 6.45) is 4.36. The van der Waals surface area contributed by atoms with Gasteiger partial charge in [0, 0.05) is 0 Å². The van der Waals surface area contributed by atoms with Crippen molar-refractivity contribution in [3.63, 3.8) is 0 Å². The number of aryl methyl sites for hydroxylation is 1. The zero-order valence-electron chi connectivity index (χ0n) is 6.58. The molecule has 0 saturated carbocycles. The van der Waals surface area contributed by atoms with E-state index in [0.717, 1.165) is 30.5 Å². The smallest absolute Gasteiger partial charge is 0.312 e. The predicted molar refractivity (Wildman–Crippen MR) is 41.9 cm³/mol. The number of rotatable bonds is 1. The summed E-state index contributed by atoms with van der Waals surface area (Å²) in [6, 6.07) is 0. The molecule has 0 aliphatic heterocycles. The minimum atomic E-state index is -0.750. The van der Waals surface area contributed by atoms with E-state index in [2.05, 4.69) is 10.2 Å². The second kappa shape index (κ2) is 2.62. The van der Waals surface area contributed by atoms with Gasteiger partial charge >= 0.3 is 5.97 Å². The molecule has 0 saturated heterocycles. The normalized spacial score (nSPS) is 21.8. The first-order valence-electron chi connectivity index (χ1n) is 4.04. The first-order valence-corrected chi connectivity index (χ1v) is 4.04. The Balaban J connectivity index is 2.37. The molecule has 0 aromatic carbocycles. The van der Waals surface area contributed by atoms with E-state index in [4.69, 9.17) is 5.11 Å². The number of H-pyrrole nitrogens is 1. The van der Waals surface area contributed by atoms with E-state index in [0.29, 0.717) is 0 Å². The van der Waals surface area contributed by atoms with Gasteiger partial charge in [-0.25, -0.2) is 0 Å². The van der Waals surface area contributed by atoms with Gasteiger partial charge in [0.1, 0.15) is 0 Å². The minimum Gasteiger partial charge on any atom is -0.481 e. The number of carboxylic acid groups (broad SMARTS) is 1. The monoisotopic (exact) mass is 166 g/mol. The van der Waals surface area contributed by atoms with Gasteiger partial charge in [0.2, 0.25) is 0 Å². The summed E-state index contributed by atoms with van der Waals surface area (Å²) in [6.45, 7) is 0. The zero-order valence-corrected chi connectivity index (χ0v) is 6.58. The van der Waals surface area contributed by atoms with Crippen molar-refractivity contribution < 1.29 is 9.90 Å². The first kappa shape index (κ1) is 7.34. The maximum atomic E-state index is 10.8. The fraction of sp³-hybridized carbons (Fsp3) is 0.500. The molecule has 1 aromatic heterocycles. The summed E-state index contributed by atoms with van der Waals surface area (Å²) in [5.41, 5.74) is 1.86. The van der Waals surface area contributed by atoms with Crippen LogP contribution in [-0.4, -0.2) is 21.3 Å². The van der Waals surface area contributed by atoms with E-state index < -0.39 is 5.97 Å². The van der Waals surface area contributed by atoms with Crippen molar-refractivity contribution in [3.8, 4) is 0 Å². The van der Waals surface area contributed by atoms with Crippen LogP contribution in [0.4, 0.5) is 0 Å². The molecule has 0 bridgehead atoms.